The molecule has 0 bridgehead atoms. The number of hydrogen-bond donors (Lipinski definition) is 0. The molecule has 2 fully saturated rings. The first-order valence-corrected chi connectivity index (χ1v) is 9.43. The molecule has 8 heteroatoms. The first kappa shape index (κ1) is 19.4. The number of halogens is 3. The van der Waals surface area contributed by atoms with Crippen LogP contribution in [0.3, 0.4) is 0 Å². The summed E-state index contributed by atoms with van der Waals surface area (Å²) in [6, 6.07) is 13.6. The molecule has 2 aliphatic heterocycles. The second-order valence-electron chi connectivity index (χ2n) is 7.19. The molecule has 2 saturated heterocycles. The van der Waals surface area contributed by atoms with Crippen molar-refractivity contribution in [2.75, 3.05) is 36.0 Å². The lowest BCUT2D eigenvalue weighted by atomic mass is 10.1. The molecule has 0 N–H and O–H groups in total. The van der Waals surface area contributed by atoms with Gasteiger partial charge in [-0.3, -0.25) is 14.5 Å². The summed E-state index contributed by atoms with van der Waals surface area (Å²) < 4.78 is 38.9. The van der Waals surface area contributed by atoms with E-state index in [4.69, 9.17) is 0 Å². The van der Waals surface area contributed by atoms with Crippen molar-refractivity contribution < 1.29 is 22.8 Å². The molecule has 0 saturated carbocycles. The van der Waals surface area contributed by atoms with Crippen LogP contribution in [0.5, 0.6) is 0 Å². The van der Waals surface area contributed by atoms with Gasteiger partial charge in [-0.1, -0.05) is 24.3 Å². The van der Waals surface area contributed by atoms with Crippen molar-refractivity contribution in [2.24, 2.45) is 0 Å². The minimum atomic E-state index is -4.38. The number of benzene rings is 2. The number of anilines is 2. The Morgan fingerprint density at radius 2 is 1.48 bits per heavy atom. The summed E-state index contributed by atoms with van der Waals surface area (Å²) in [6.45, 7) is 1.99. The lowest BCUT2D eigenvalue weighted by Gasteiger charge is -2.38. The first-order chi connectivity index (χ1) is 13.8. The molecule has 5 nitrogen and oxygen atoms in total. The van der Waals surface area contributed by atoms with E-state index >= 15 is 0 Å². The van der Waals surface area contributed by atoms with Gasteiger partial charge in [-0.25, -0.2) is 4.90 Å². The molecule has 2 aromatic rings. The van der Waals surface area contributed by atoms with Gasteiger partial charge < -0.3 is 4.90 Å². The third kappa shape index (κ3) is 3.85. The number of imide groups is 1. The van der Waals surface area contributed by atoms with E-state index in [9.17, 15) is 22.8 Å². The maximum atomic E-state index is 13.0. The summed E-state index contributed by atoms with van der Waals surface area (Å²) in [6.07, 6.45) is -4.26. The van der Waals surface area contributed by atoms with Crippen molar-refractivity contribution >= 4 is 23.2 Å². The predicted octanol–water partition coefficient (Wildman–Crippen LogP) is 3.16. The maximum Gasteiger partial charge on any atom is 0.416 e. The van der Waals surface area contributed by atoms with Crippen LogP contribution in [-0.2, 0) is 15.8 Å². The van der Waals surface area contributed by atoms with E-state index in [1.54, 1.807) is 30.3 Å². The topological polar surface area (TPSA) is 43.9 Å². The van der Waals surface area contributed by atoms with E-state index in [-0.39, 0.29) is 18.2 Å². The molecular formula is C21H20F3N3O2. The molecule has 2 aromatic carbocycles. The van der Waals surface area contributed by atoms with Crippen LogP contribution in [0.2, 0.25) is 0 Å². The minimum absolute atomic E-state index is 0.122. The minimum Gasteiger partial charge on any atom is -0.369 e. The van der Waals surface area contributed by atoms with Gasteiger partial charge in [0.25, 0.3) is 5.91 Å². The normalized spacial score (nSPS) is 21.1. The molecule has 152 valence electrons. The fourth-order valence-electron chi connectivity index (χ4n) is 3.92. The Labute approximate surface area is 166 Å². The van der Waals surface area contributed by atoms with E-state index in [1.165, 1.54) is 11.0 Å². The van der Waals surface area contributed by atoms with Gasteiger partial charge in [-0.2, -0.15) is 13.2 Å². The summed E-state index contributed by atoms with van der Waals surface area (Å²) in [7, 11) is 0. The van der Waals surface area contributed by atoms with Crippen LogP contribution < -0.4 is 9.80 Å². The average Bonchev–Trinajstić information content (AvgIpc) is 3.02. The molecule has 0 aromatic heterocycles. The zero-order valence-corrected chi connectivity index (χ0v) is 15.6. The number of amides is 2. The third-order valence-electron chi connectivity index (χ3n) is 5.43. The average molecular weight is 403 g/mol. The number of rotatable bonds is 3. The van der Waals surface area contributed by atoms with E-state index in [2.05, 4.69) is 0 Å². The number of nitrogens with zero attached hydrogens (tertiary/aromatic N) is 3. The SMILES string of the molecule is O=C1CC(N2CCN(c3cccc(C(F)(F)F)c3)CC2)C(=O)N1c1ccccc1. The number of para-hydroxylation sites is 1. The molecular weight excluding hydrogens is 383 g/mol. The Morgan fingerprint density at radius 1 is 0.828 bits per heavy atom. The van der Waals surface area contributed by atoms with Crippen molar-refractivity contribution in [2.45, 2.75) is 18.6 Å². The molecule has 2 heterocycles. The Balaban J connectivity index is 1.43. The van der Waals surface area contributed by atoms with Crippen molar-refractivity contribution in [1.29, 1.82) is 0 Å². The van der Waals surface area contributed by atoms with Gasteiger partial charge in [0.1, 0.15) is 0 Å². The zero-order chi connectivity index (χ0) is 20.6. The van der Waals surface area contributed by atoms with Crippen LogP contribution in [0.4, 0.5) is 24.5 Å². The largest absolute Gasteiger partial charge is 0.416 e. The molecule has 29 heavy (non-hydrogen) atoms. The summed E-state index contributed by atoms with van der Waals surface area (Å²) in [5, 5.41) is 0. The van der Waals surface area contributed by atoms with E-state index in [1.807, 2.05) is 15.9 Å². The predicted molar refractivity (Wildman–Crippen MR) is 103 cm³/mol. The van der Waals surface area contributed by atoms with Crippen molar-refractivity contribution in [3.05, 3.63) is 60.2 Å². The molecule has 2 amide bonds. The van der Waals surface area contributed by atoms with Crippen molar-refractivity contribution in [3.63, 3.8) is 0 Å². The highest BCUT2D eigenvalue weighted by molar-refractivity contribution is 6.22. The maximum absolute atomic E-state index is 13.0. The number of carbonyl (C=O) groups is 2. The van der Waals surface area contributed by atoms with Gasteiger partial charge in [-0.05, 0) is 30.3 Å². The highest BCUT2D eigenvalue weighted by atomic mass is 19.4. The third-order valence-corrected chi connectivity index (χ3v) is 5.43. The van der Waals surface area contributed by atoms with Gasteiger partial charge in [0.05, 0.1) is 23.7 Å². The van der Waals surface area contributed by atoms with Gasteiger partial charge in [0, 0.05) is 31.9 Å². The van der Waals surface area contributed by atoms with Crippen LogP contribution in [-0.4, -0.2) is 48.9 Å². The van der Waals surface area contributed by atoms with Gasteiger partial charge in [-0.15, -0.1) is 0 Å². The number of carbonyl (C=O) groups excluding carboxylic acids is 2. The van der Waals surface area contributed by atoms with E-state index < -0.39 is 17.8 Å². The summed E-state index contributed by atoms with van der Waals surface area (Å²) in [4.78, 5) is 30.3. The second-order valence-corrected chi connectivity index (χ2v) is 7.19. The fourth-order valence-corrected chi connectivity index (χ4v) is 3.92. The Bertz CT molecular complexity index is 909. The fraction of sp³-hybridized carbons (Fsp3) is 0.333. The van der Waals surface area contributed by atoms with Crippen LogP contribution in [0, 0.1) is 0 Å². The molecule has 2 aliphatic rings. The first-order valence-electron chi connectivity index (χ1n) is 9.43. The Hall–Kier alpha value is -2.87. The van der Waals surface area contributed by atoms with Gasteiger partial charge >= 0.3 is 6.18 Å². The van der Waals surface area contributed by atoms with Gasteiger partial charge in [0.2, 0.25) is 5.91 Å². The van der Waals surface area contributed by atoms with Crippen LogP contribution in [0.25, 0.3) is 0 Å². The van der Waals surface area contributed by atoms with Crippen LogP contribution >= 0.6 is 0 Å². The van der Waals surface area contributed by atoms with Crippen LogP contribution in [0.15, 0.2) is 54.6 Å². The van der Waals surface area contributed by atoms with Crippen molar-refractivity contribution in [3.8, 4) is 0 Å². The lowest BCUT2D eigenvalue weighted by molar-refractivity contribution is -0.137. The monoisotopic (exact) mass is 403 g/mol. The highest BCUT2D eigenvalue weighted by Crippen LogP contribution is 2.32. The Kier molecular flexibility index (Phi) is 5.04. The molecule has 0 aliphatic carbocycles. The molecule has 1 unspecified atom stereocenters. The molecule has 1 atom stereocenters. The lowest BCUT2D eigenvalue weighted by Crippen LogP contribution is -2.52. The number of hydrogen-bond acceptors (Lipinski definition) is 4. The standard InChI is InChI=1S/C21H20F3N3O2/c22-21(23,24)15-5-4-8-17(13-15)25-9-11-26(12-10-25)18-14-19(28)27(20(18)29)16-6-2-1-3-7-16/h1-8,13,18H,9-12,14H2. The zero-order valence-electron chi connectivity index (χ0n) is 15.6. The summed E-state index contributed by atoms with van der Waals surface area (Å²) in [5.41, 5.74) is 0.402. The Morgan fingerprint density at radius 3 is 2.14 bits per heavy atom. The van der Waals surface area contributed by atoms with E-state index in [0.29, 0.717) is 37.6 Å². The molecule has 4 rings (SSSR count). The molecule has 0 radical (unpaired) electrons. The quantitative estimate of drug-likeness (QED) is 0.739. The van der Waals surface area contributed by atoms with Gasteiger partial charge in [0.15, 0.2) is 0 Å². The van der Waals surface area contributed by atoms with E-state index in [0.717, 1.165) is 12.1 Å². The second kappa shape index (κ2) is 7.51. The number of piperazine rings is 1. The molecule has 0 spiro atoms. The smallest absolute Gasteiger partial charge is 0.369 e. The summed E-state index contributed by atoms with van der Waals surface area (Å²) >= 11 is 0. The highest BCUT2D eigenvalue weighted by Gasteiger charge is 2.43. The number of alkyl halides is 3. The summed E-state index contributed by atoms with van der Waals surface area (Å²) in [5.74, 6) is -0.472. The van der Waals surface area contributed by atoms with Crippen LogP contribution in [0.1, 0.15) is 12.0 Å². The van der Waals surface area contributed by atoms with Crippen molar-refractivity contribution in [1.82, 2.24) is 4.90 Å².